The van der Waals surface area contributed by atoms with E-state index in [1.807, 2.05) is 0 Å². The number of rotatable bonds is 2. The predicted octanol–water partition coefficient (Wildman–Crippen LogP) is 2.71. The van der Waals surface area contributed by atoms with Gasteiger partial charge in [-0.25, -0.2) is 0 Å². The van der Waals surface area contributed by atoms with Crippen LogP contribution in [0.15, 0.2) is 18.2 Å². The van der Waals surface area contributed by atoms with Crippen molar-refractivity contribution in [1.82, 2.24) is 0 Å². The molecule has 0 bridgehead atoms. The summed E-state index contributed by atoms with van der Waals surface area (Å²) in [6.07, 6.45) is 6.36. The Hall–Kier alpha value is -1.06. The average Bonchev–Trinajstić information content (AvgIpc) is 2.47. The molecule has 0 amide bonds. The van der Waals surface area contributed by atoms with Crippen LogP contribution in [0.1, 0.15) is 43.2 Å². The van der Waals surface area contributed by atoms with E-state index in [1.54, 1.807) is 0 Å². The Morgan fingerprint density at radius 2 is 2.00 bits per heavy atom. The van der Waals surface area contributed by atoms with E-state index in [9.17, 15) is 0 Å². The minimum Gasteiger partial charge on any atom is -0.467 e. The van der Waals surface area contributed by atoms with Gasteiger partial charge in [0, 0.05) is 17.5 Å². The summed E-state index contributed by atoms with van der Waals surface area (Å²) < 4.78 is 10.8. The van der Waals surface area contributed by atoms with Crippen LogP contribution in [0.3, 0.4) is 0 Å². The van der Waals surface area contributed by atoms with Crippen molar-refractivity contribution in [1.29, 1.82) is 0 Å². The molecule has 1 heterocycles. The maximum Gasteiger partial charge on any atom is 0.189 e. The van der Waals surface area contributed by atoms with E-state index in [4.69, 9.17) is 15.2 Å². The fraction of sp³-hybridized carbons (Fsp3) is 0.600. The normalized spacial score (nSPS) is 22.1. The zero-order valence-corrected chi connectivity index (χ0v) is 10.8. The van der Waals surface area contributed by atoms with Gasteiger partial charge >= 0.3 is 0 Å². The molecule has 3 heteroatoms. The van der Waals surface area contributed by atoms with Crippen molar-refractivity contribution in [3.8, 4) is 5.75 Å². The van der Waals surface area contributed by atoms with E-state index in [2.05, 4.69) is 18.2 Å². The van der Waals surface area contributed by atoms with Crippen LogP contribution in [-0.4, -0.2) is 13.3 Å². The molecule has 0 saturated heterocycles. The third kappa shape index (κ3) is 2.02. The summed E-state index contributed by atoms with van der Waals surface area (Å²) in [6, 6.07) is 6.52. The molecule has 3 rings (SSSR count). The van der Waals surface area contributed by atoms with Crippen molar-refractivity contribution in [2.24, 2.45) is 5.73 Å². The summed E-state index contributed by atoms with van der Waals surface area (Å²) in [7, 11) is 0. The Morgan fingerprint density at radius 1 is 1.17 bits per heavy atom. The highest BCUT2D eigenvalue weighted by atomic mass is 16.7. The van der Waals surface area contributed by atoms with Gasteiger partial charge in [0.05, 0.1) is 6.61 Å². The molecule has 0 spiro atoms. The molecule has 1 aromatic carbocycles. The first-order valence-corrected chi connectivity index (χ1v) is 6.88. The summed E-state index contributed by atoms with van der Waals surface area (Å²) >= 11 is 0. The summed E-state index contributed by atoms with van der Waals surface area (Å²) in [5, 5.41) is 0. The first-order chi connectivity index (χ1) is 8.84. The van der Waals surface area contributed by atoms with Crippen LogP contribution in [0.25, 0.3) is 0 Å². The molecule has 1 saturated carbocycles. The van der Waals surface area contributed by atoms with E-state index in [1.165, 1.54) is 37.7 Å². The molecular weight excluding hydrogens is 226 g/mol. The first-order valence-electron chi connectivity index (χ1n) is 6.88. The van der Waals surface area contributed by atoms with E-state index in [-0.39, 0.29) is 5.41 Å². The summed E-state index contributed by atoms with van der Waals surface area (Å²) in [5.74, 6) is 0.966. The molecular formula is C15H21NO2. The van der Waals surface area contributed by atoms with Crippen molar-refractivity contribution in [2.75, 3.05) is 13.3 Å². The van der Waals surface area contributed by atoms with E-state index in [0.29, 0.717) is 13.4 Å². The van der Waals surface area contributed by atoms with Gasteiger partial charge in [-0.1, -0.05) is 25.3 Å². The van der Waals surface area contributed by atoms with Gasteiger partial charge in [-0.05, 0) is 30.5 Å². The molecule has 0 unspecified atom stereocenters. The zero-order chi connectivity index (χ0) is 12.4. The van der Waals surface area contributed by atoms with E-state index in [0.717, 1.165) is 17.9 Å². The van der Waals surface area contributed by atoms with Crippen LogP contribution in [-0.2, 0) is 16.8 Å². The third-order valence-electron chi connectivity index (χ3n) is 4.43. The SMILES string of the molecule is NCC1(c2ccc3c(c2)COCO3)CCCCC1. The first kappa shape index (κ1) is 12.0. The van der Waals surface area contributed by atoms with Gasteiger partial charge in [0.1, 0.15) is 5.75 Å². The quantitative estimate of drug-likeness (QED) is 0.874. The molecule has 98 valence electrons. The maximum absolute atomic E-state index is 6.08. The van der Waals surface area contributed by atoms with Gasteiger partial charge in [-0.2, -0.15) is 0 Å². The Kier molecular flexibility index (Phi) is 3.27. The van der Waals surface area contributed by atoms with Crippen LogP contribution < -0.4 is 10.5 Å². The number of nitrogens with two attached hydrogens (primary N) is 1. The Bertz CT molecular complexity index is 425. The second kappa shape index (κ2) is 4.90. The molecule has 18 heavy (non-hydrogen) atoms. The number of ether oxygens (including phenoxy) is 2. The third-order valence-corrected chi connectivity index (χ3v) is 4.43. The van der Waals surface area contributed by atoms with E-state index >= 15 is 0 Å². The van der Waals surface area contributed by atoms with Crippen LogP contribution in [0.2, 0.25) is 0 Å². The molecule has 0 aromatic heterocycles. The Morgan fingerprint density at radius 3 is 2.78 bits per heavy atom. The predicted molar refractivity (Wildman–Crippen MR) is 70.5 cm³/mol. The van der Waals surface area contributed by atoms with Gasteiger partial charge in [0.2, 0.25) is 0 Å². The van der Waals surface area contributed by atoms with Gasteiger partial charge in [0.15, 0.2) is 6.79 Å². The molecule has 2 aliphatic rings. The van der Waals surface area contributed by atoms with Crippen LogP contribution in [0, 0.1) is 0 Å². The van der Waals surface area contributed by atoms with Crippen molar-refractivity contribution in [3.63, 3.8) is 0 Å². The minimum absolute atomic E-state index is 0.185. The fourth-order valence-electron chi connectivity index (χ4n) is 3.26. The number of benzene rings is 1. The highest BCUT2D eigenvalue weighted by Crippen LogP contribution is 2.40. The highest BCUT2D eigenvalue weighted by Gasteiger charge is 2.33. The lowest BCUT2D eigenvalue weighted by Crippen LogP contribution is -2.37. The van der Waals surface area contributed by atoms with Gasteiger partial charge in [-0.3, -0.25) is 0 Å². The molecule has 1 fully saturated rings. The lowest BCUT2D eigenvalue weighted by atomic mass is 9.69. The second-order valence-electron chi connectivity index (χ2n) is 5.48. The van der Waals surface area contributed by atoms with Crippen molar-refractivity contribution in [3.05, 3.63) is 29.3 Å². The Balaban J connectivity index is 1.94. The molecule has 0 atom stereocenters. The van der Waals surface area contributed by atoms with Gasteiger partial charge < -0.3 is 15.2 Å². The Labute approximate surface area is 108 Å². The largest absolute Gasteiger partial charge is 0.467 e. The van der Waals surface area contributed by atoms with Crippen LogP contribution in [0.5, 0.6) is 5.75 Å². The summed E-state index contributed by atoms with van der Waals surface area (Å²) in [6.45, 7) is 1.77. The van der Waals surface area contributed by atoms with Crippen LogP contribution >= 0.6 is 0 Å². The second-order valence-corrected chi connectivity index (χ2v) is 5.48. The van der Waals surface area contributed by atoms with E-state index < -0.39 is 0 Å². The smallest absolute Gasteiger partial charge is 0.189 e. The molecule has 3 nitrogen and oxygen atoms in total. The number of hydrogen-bond donors (Lipinski definition) is 1. The average molecular weight is 247 g/mol. The summed E-state index contributed by atoms with van der Waals surface area (Å²) in [5.41, 5.74) is 8.81. The standard InChI is InChI=1S/C15H21NO2/c16-10-15(6-2-1-3-7-15)13-4-5-14-12(8-13)9-17-11-18-14/h4-5,8H,1-3,6-7,9-11,16H2. The topological polar surface area (TPSA) is 44.5 Å². The van der Waals surface area contributed by atoms with Crippen LogP contribution in [0.4, 0.5) is 0 Å². The lowest BCUT2D eigenvalue weighted by Gasteiger charge is -2.37. The maximum atomic E-state index is 6.08. The molecule has 1 aromatic rings. The number of fused-ring (bicyclic) bond motifs is 1. The molecule has 1 aliphatic carbocycles. The zero-order valence-electron chi connectivity index (χ0n) is 10.8. The molecule has 0 radical (unpaired) electrons. The monoisotopic (exact) mass is 247 g/mol. The van der Waals surface area contributed by atoms with Gasteiger partial charge in [-0.15, -0.1) is 0 Å². The number of hydrogen-bond acceptors (Lipinski definition) is 3. The molecule has 2 N–H and O–H groups in total. The summed E-state index contributed by atoms with van der Waals surface area (Å²) in [4.78, 5) is 0. The van der Waals surface area contributed by atoms with Crippen molar-refractivity contribution >= 4 is 0 Å². The lowest BCUT2D eigenvalue weighted by molar-refractivity contribution is -0.0164. The van der Waals surface area contributed by atoms with Gasteiger partial charge in [0.25, 0.3) is 0 Å². The molecule has 1 aliphatic heterocycles. The minimum atomic E-state index is 0.185. The van der Waals surface area contributed by atoms with Crippen molar-refractivity contribution < 1.29 is 9.47 Å². The van der Waals surface area contributed by atoms with Crippen molar-refractivity contribution in [2.45, 2.75) is 44.1 Å². The fourth-order valence-corrected chi connectivity index (χ4v) is 3.26. The highest BCUT2D eigenvalue weighted by molar-refractivity contribution is 5.41.